The largest absolute Gasteiger partial charge is 0.549 e. The molecule has 1 heterocycles. The lowest BCUT2D eigenvalue weighted by Gasteiger charge is -2.16. The zero-order valence-electron chi connectivity index (χ0n) is 36.5. The molecule has 1 rings (SSSR count). The summed E-state index contributed by atoms with van der Waals surface area (Å²) < 4.78 is 17.7. The molecule has 0 radical (unpaired) electrons. The number of hydrogen-bond acceptors (Lipinski definition) is 12. The molecular weight excluding hydrogens is 718 g/mol. The Morgan fingerprint density at radius 1 is 0.714 bits per heavy atom. The van der Waals surface area contributed by atoms with Crippen molar-refractivity contribution in [2.75, 3.05) is 26.4 Å². The first-order valence-electron chi connectivity index (χ1n) is 21.1. The SMILES string of the molecule is C.C.CC1COC(=O)O1.CCCCCC(C)CO.CCCCCC(C)COC(=O)[O-].CCCCCCC(C)O.CCCCCCC(C)OC(=O)[O-].CCCCN. The molecule has 4 N–H and O–H groups in total. The van der Waals surface area contributed by atoms with Crippen molar-refractivity contribution in [1.82, 2.24) is 0 Å². The fourth-order valence-corrected chi connectivity index (χ4v) is 4.44. The average molecular weight is 814 g/mol. The van der Waals surface area contributed by atoms with E-state index in [1.165, 1.54) is 89.9 Å². The van der Waals surface area contributed by atoms with Crippen LogP contribution in [-0.2, 0) is 18.9 Å². The molecule has 12 heteroatoms. The number of rotatable bonds is 24. The minimum atomic E-state index is -1.42. The standard InChI is InChI=1S/2C9H18O3.2C8H18O.C4H11N.C4H6O3.2CH4/c1-3-4-5-6-8(2)7-12-9(10)11;1-3-4-5-6-7-8(2)12-9(10)11;1-3-4-5-6-8(2)7-9;1-3-4-5-6-7-8(2)9;1-2-3-4-5;1-3-2-6-4(5)7-3;;/h2*8H,3-7H2,1-2H3,(H,10,11);2*8-9H,3-7H2,1-2H3;2-5H2,1H3;3H,2H2,1H3;2*1H4/p-2. The van der Waals surface area contributed by atoms with Crippen molar-refractivity contribution >= 4 is 18.5 Å². The van der Waals surface area contributed by atoms with Gasteiger partial charge in [-0.2, -0.15) is 0 Å². The number of carbonyl (C=O) groups excluding carboxylic acids is 3. The van der Waals surface area contributed by atoms with E-state index in [0.29, 0.717) is 25.0 Å². The van der Waals surface area contributed by atoms with Gasteiger partial charge in [0.05, 0.1) is 6.10 Å². The highest BCUT2D eigenvalue weighted by Gasteiger charge is 2.19. The summed E-state index contributed by atoms with van der Waals surface area (Å²) in [7, 11) is 0. The third-order valence-electron chi connectivity index (χ3n) is 7.93. The summed E-state index contributed by atoms with van der Waals surface area (Å²) in [5, 5.41) is 37.4. The van der Waals surface area contributed by atoms with Gasteiger partial charge >= 0.3 is 6.16 Å². The van der Waals surface area contributed by atoms with Crippen LogP contribution in [-0.4, -0.2) is 73.4 Å². The van der Waals surface area contributed by atoms with Gasteiger partial charge in [-0.1, -0.05) is 160 Å². The highest BCUT2D eigenvalue weighted by molar-refractivity contribution is 5.61. The number of nitrogens with two attached hydrogens (primary N) is 1. The Labute approximate surface area is 346 Å². The smallest absolute Gasteiger partial charge is 0.508 e. The molecule has 56 heavy (non-hydrogen) atoms. The second-order valence-electron chi connectivity index (χ2n) is 14.3. The Hall–Kier alpha value is -2.31. The highest BCUT2D eigenvalue weighted by Crippen LogP contribution is 2.10. The van der Waals surface area contributed by atoms with Crippen LogP contribution in [0.25, 0.3) is 0 Å². The van der Waals surface area contributed by atoms with Crippen molar-refractivity contribution in [3.8, 4) is 0 Å². The van der Waals surface area contributed by atoms with Crippen LogP contribution in [0, 0.1) is 11.8 Å². The molecule has 5 atom stereocenters. The van der Waals surface area contributed by atoms with Gasteiger partial charge in [-0.25, -0.2) is 4.79 Å². The van der Waals surface area contributed by atoms with Gasteiger partial charge in [-0.05, 0) is 71.3 Å². The average Bonchev–Trinajstić information content (AvgIpc) is 3.51. The minimum absolute atomic E-state index is 0. The summed E-state index contributed by atoms with van der Waals surface area (Å²) in [5.41, 5.74) is 5.14. The van der Waals surface area contributed by atoms with Crippen LogP contribution in [0.3, 0.4) is 0 Å². The number of hydrogen-bond donors (Lipinski definition) is 3. The lowest BCUT2D eigenvalue weighted by atomic mass is 10.0. The number of aliphatic hydroxyl groups excluding tert-OH is 2. The van der Waals surface area contributed by atoms with E-state index in [0.717, 1.165) is 45.1 Å². The van der Waals surface area contributed by atoms with E-state index in [4.69, 9.17) is 15.9 Å². The molecule has 0 spiro atoms. The highest BCUT2D eigenvalue weighted by atomic mass is 16.8. The van der Waals surface area contributed by atoms with Crippen LogP contribution >= 0.6 is 0 Å². The Bertz CT molecular complexity index is 754. The molecule has 1 saturated heterocycles. The second kappa shape index (κ2) is 57.0. The predicted molar refractivity (Wildman–Crippen MR) is 230 cm³/mol. The first-order valence-corrected chi connectivity index (χ1v) is 21.1. The quantitative estimate of drug-likeness (QED) is 0.0474. The predicted octanol–water partition coefficient (Wildman–Crippen LogP) is 10.4. The topological polar surface area (TPSA) is 201 Å². The molecule has 0 aromatic rings. The first-order chi connectivity index (χ1) is 25.6. The molecule has 0 aromatic carbocycles. The van der Waals surface area contributed by atoms with Gasteiger partial charge in [0.25, 0.3) is 12.3 Å². The number of ether oxygens (including phenoxy) is 4. The summed E-state index contributed by atoms with van der Waals surface area (Å²) in [6.07, 6.45) is 19.7. The van der Waals surface area contributed by atoms with Gasteiger partial charge in [-0.3, -0.25) is 0 Å². The van der Waals surface area contributed by atoms with E-state index in [-0.39, 0.29) is 39.8 Å². The van der Waals surface area contributed by atoms with E-state index in [9.17, 15) is 24.6 Å². The molecule has 12 nitrogen and oxygen atoms in total. The lowest BCUT2D eigenvalue weighted by Crippen LogP contribution is -2.27. The van der Waals surface area contributed by atoms with Crippen LogP contribution in [0.5, 0.6) is 0 Å². The summed E-state index contributed by atoms with van der Waals surface area (Å²) in [5.74, 6) is 0.825. The summed E-state index contributed by atoms with van der Waals surface area (Å²) in [6, 6.07) is 0. The van der Waals surface area contributed by atoms with Crippen molar-refractivity contribution in [3.05, 3.63) is 0 Å². The van der Waals surface area contributed by atoms with Gasteiger partial charge in [0.2, 0.25) is 0 Å². The maximum Gasteiger partial charge on any atom is 0.508 e. The molecule has 0 bridgehead atoms. The van der Waals surface area contributed by atoms with Crippen molar-refractivity contribution < 1.29 is 53.8 Å². The number of carboxylic acid groups (broad SMARTS) is 2. The van der Waals surface area contributed by atoms with Gasteiger partial charge < -0.3 is 54.7 Å². The fraction of sp³-hybridized carbons (Fsp3) is 0.932. The van der Waals surface area contributed by atoms with Crippen molar-refractivity contribution in [1.29, 1.82) is 0 Å². The Morgan fingerprint density at radius 2 is 1.14 bits per heavy atom. The molecule has 0 saturated carbocycles. The third-order valence-corrected chi connectivity index (χ3v) is 7.93. The van der Waals surface area contributed by atoms with Crippen LogP contribution < -0.4 is 15.9 Å². The van der Waals surface area contributed by atoms with Crippen molar-refractivity contribution in [2.45, 2.75) is 231 Å². The molecule has 1 aliphatic rings. The van der Waals surface area contributed by atoms with E-state index < -0.39 is 18.5 Å². The van der Waals surface area contributed by atoms with Gasteiger partial charge in [0.15, 0.2) is 0 Å². The Balaban J connectivity index is -0.000000104. The number of cyclic esters (lactones) is 2. The molecule has 344 valence electrons. The maximum absolute atomic E-state index is 10.0. The van der Waals surface area contributed by atoms with Crippen LogP contribution in [0.4, 0.5) is 14.4 Å². The van der Waals surface area contributed by atoms with Crippen LogP contribution in [0.2, 0.25) is 0 Å². The van der Waals surface area contributed by atoms with Crippen molar-refractivity contribution in [2.24, 2.45) is 17.6 Å². The molecular formula is C44H95NO11-2. The second-order valence-corrected chi connectivity index (χ2v) is 14.3. The molecule has 1 aliphatic heterocycles. The number of carbonyl (C=O) groups is 3. The van der Waals surface area contributed by atoms with E-state index in [1.54, 1.807) is 13.8 Å². The van der Waals surface area contributed by atoms with Gasteiger partial charge in [0, 0.05) is 19.3 Å². The van der Waals surface area contributed by atoms with Crippen molar-refractivity contribution in [3.63, 3.8) is 0 Å². The van der Waals surface area contributed by atoms with E-state index in [1.807, 2.05) is 13.8 Å². The molecule has 0 amide bonds. The summed E-state index contributed by atoms with van der Waals surface area (Å²) >= 11 is 0. The maximum atomic E-state index is 10.0. The molecule has 1 fully saturated rings. The zero-order chi connectivity index (χ0) is 42.4. The molecule has 0 aliphatic carbocycles. The minimum Gasteiger partial charge on any atom is -0.549 e. The van der Waals surface area contributed by atoms with Gasteiger partial charge in [-0.15, -0.1) is 0 Å². The van der Waals surface area contributed by atoms with Crippen LogP contribution in [0.1, 0.15) is 213 Å². The molecule has 0 aromatic heterocycles. The first kappa shape index (κ1) is 68.4. The lowest BCUT2D eigenvalue weighted by molar-refractivity contribution is -0.287. The van der Waals surface area contributed by atoms with Crippen LogP contribution in [0.15, 0.2) is 0 Å². The Morgan fingerprint density at radius 3 is 1.45 bits per heavy atom. The molecule has 5 unspecified atom stereocenters. The monoisotopic (exact) mass is 814 g/mol. The zero-order valence-corrected chi connectivity index (χ0v) is 36.5. The van der Waals surface area contributed by atoms with E-state index >= 15 is 0 Å². The third kappa shape index (κ3) is 76.4. The Kier molecular flexibility index (Phi) is 69.6. The fourth-order valence-electron chi connectivity index (χ4n) is 4.44. The normalized spacial score (nSPS) is 14.2. The summed E-state index contributed by atoms with van der Waals surface area (Å²) in [4.78, 5) is 29.9. The van der Waals surface area contributed by atoms with Gasteiger partial charge in [0.1, 0.15) is 12.7 Å². The van der Waals surface area contributed by atoms with E-state index in [2.05, 4.69) is 60.5 Å². The number of unbranched alkanes of at least 4 members (excludes halogenated alkanes) is 11. The number of aliphatic hydroxyl groups is 2. The summed E-state index contributed by atoms with van der Waals surface area (Å²) in [6.45, 7) is 22.1.